The van der Waals surface area contributed by atoms with E-state index in [2.05, 4.69) is 5.32 Å². The average molecular weight is 299 g/mol. The largest absolute Gasteiger partial charge is 0.393 e. The van der Waals surface area contributed by atoms with Gasteiger partial charge in [-0.2, -0.15) is 0 Å². The van der Waals surface area contributed by atoms with Gasteiger partial charge in [0, 0.05) is 5.02 Å². The van der Waals surface area contributed by atoms with Crippen LogP contribution in [0.25, 0.3) is 0 Å². The van der Waals surface area contributed by atoms with Crippen LogP contribution in [-0.4, -0.2) is 10.9 Å². The van der Waals surface area contributed by atoms with Crippen molar-refractivity contribution in [1.29, 1.82) is 0 Å². The fourth-order valence-corrected chi connectivity index (χ4v) is 2.50. The molecule has 0 heterocycles. The lowest BCUT2D eigenvalue weighted by Crippen LogP contribution is -2.41. The van der Waals surface area contributed by atoms with E-state index in [-0.39, 0.29) is 22.9 Å². The van der Waals surface area contributed by atoms with Crippen LogP contribution in [0.4, 0.5) is 0 Å². The molecule has 0 saturated heterocycles. The molecule has 1 amide bonds. The highest BCUT2D eigenvalue weighted by molar-refractivity contribution is 7.80. The second-order valence-electron chi connectivity index (χ2n) is 4.91. The normalized spacial score (nSPS) is 13.9. The summed E-state index contributed by atoms with van der Waals surface area (Å²) in [5.41, 5.74) is 6.58. The molecule has 104 valence electrons. The first kappa shape index (κ1) is 15.9. The van der Waals surface area contributed by atoms with E-state index in [1.54, 1.807) is 6.07 Å². The molecular formula is C14H19ClN2OS. The minimum Gasteiger partial charge on any atom is -0.393 e. The molecule has 0 saturated carbocycles. The van der Waals surface area contributed by atoms with Gasteiger partial charge in [0.1, 0.15) is 0 Å². The number of nitrogens with two attached hydrogens (primary N) is 1. The van der Waals surface area contributed by atoms with Crippen LogP contribution < -0.4 is 11.1 Å². The summed E-state index contributed by atoms with van der Waals surface area (Å²) in [5.74, 6) is -0.518. The summed E-state index contributed by atoms with van der Waals surface area (Å²) in [7, 11) is 0. The van der Waals surface area contributed by atoms with Gasteiger partial charge in [0.2, 0.25) is 5.91 Å². The summed E-state index contributed by atoms with van der Waals surface area (Å²) in [4.78, 5) is 12.4. The molecule has 0 aliphatic rings. The van der Waals surface area contributed by atoms with E-state index in [9.17, 15) is 4.79 Å². The van der Waals surface area contributed by atoms with E-state index in [1.807, 2.05) is 39.0 Å². The number of carbonyl (C=O) groups is 1. The fraction of sp³-hybridized carbons (Fsp3) is 0.429. The summed E-state index contributed by atoms with van der Waals surface area (Å²) in [6, 6.07) is 7.26. The first-order valence-corrected chi connectivity index (χ1v) is 6.96. The quantitative estimate of drug-likeness (QED) is 0.821. The highest BCUT2D eigenvalue weighted by Gasteiger charge is 2.26. The maximum Gasteiger partial charge on any atom is 0.230 e. The Morgan fingerprint density at radius 3 is 2.47 bits per heavy atom. The third-order valence-electron chi connectivity index (χ3n) is 2.96. The number of nitrogens with one attached hydrogen (secondary N) is 1. The smallest absolute Gasteiger partial charge is 0.230 e. The van der Waals surface area contributed by atoms with Crippen molar-refractivity contribution in [2.45, 2.75) is 26.8 Å². The molecule has 19 heavy (non-hydrogen) atoms. The first-order valence-electron chi connectivity index (χ1n) is 6.18. The van der Waals surface area contributed by atoms with Gasteiger partial charge in [-0.05, 0) is 30.5 Å². The number of rotatable bonds is 5. The van der Waals surface area contributed by atoms with E-state index in [0.717, 1.165) is 5.56 Å². The Balaban J connectivity index is 2.78. The zero-order chi connectivity index (χ0) is 14.6. The minimum absolute atomic E-state index is 0.0732. The second kappa shape index (κ2) is 6.87. The van der Waals surface area contributed by atoms with Gasteiger partial charge >= 0.3 is 0 Å². The molecule has 0 aliphatic carbocycles. The van der Waals surface area contributed by atoms with Gasteiger partial charge in [-0.15, -0.1) is 0 Å². The van der Waals surface area contributed by atoms with Gasteiger partial charge in [0.25, 0.3) is 0 Å². The van der Waals surface area contributed by atoms with Gasteiger partial charge in [0.15, 0.2) is 0 Å². The highest BCUT2D eigenvalue weighted by Crippen LogP contribution is 2.19. The van der Waals surface area contributed by atoms with Crippen LogP contribution in [0.1, 0.15) is 32.4 Å². The Morgan fingerprint density at radius 1 is 1.37 bits per heavy atom. The standard InChI is InChI=1S/C14H19ClN2OS/c1-8(2)12(13(16)19)14(18)17-9(3)10-5-4-6-11(15)7-10/h4-9,12H,1-3H3,(H2,16,19)(H,17,18). The van der Waals surface area contributed by atoms with E-state index in [4.69, 9.17) is 29.6 Å². The molecule has 2 atom stereocenters. The van der Waals surface area contributed by atoms with Crippen LogP contribution >= 0.6 is 23.8 Å². The van der Waals surface area contributed by atoms with Crippen molar-refractivity contribution < 1.29 is 4.79 Å². The van der Waals surface area contributed by atoms with Crippen molar-refractivity contribution in [2.24, 2.45) is 17.6 Å². The van der Waals surface area contributed by atoms with Gasteiger partial charge in [0.05, 0.1) is 16.9 Å². The Morgan fingerprint density at radius 2 is 2.00 bits per heavy atom. The van der Waals surface area contributed by atoms with Gasteiger partial charge in [-0.25, -0.2) is 0 Å². The zero-order valence-corrected chi connectivity index (χ0v) is 12.9. The number of benzene rings is 1. The number of halogens is 1. The van der Waals surface area contributed by atoms with Gasteiger partial charge < -0.3 is 11.1 Å². The molecular weight excluding hydrogens is 280 g/mol. The lowest BCUT2D eigenvalue weighted by Gasteiger charge is -2.22. The van der Waals surface area contributed by atoms with Crippen LogP contribution in [0, 0.1) is 11.8 Å². The maximum absolute atomic E-state index is 12.2. The van der Waals surface area contributed by atoms with E-state index < -0.39 is 5.92 Å². The van der Waals surface area contributed by atoms with Crippen molar-refractivity contribution in [3.8, 4) is 0 Å². The lowest BCUT2D eigenvalue weighted by atomic mass is 9.94. The first-order chi connectivity index (χ1) is 8.82. The molecule has 1 aromatic rings. The molecule has 5 heteroatoms. The van der Waals surface area contributed by atoms with Gasteiger partial charge in [-0.1, -0.05) is 49.8 Å². The monoisotopic (exact) mass is 298 g/mol. The SMILES string of the molecule is CC(NC(=O)C(C(N)=S)C(C)C)c1cccc(Cl)c1. The van der Waals surface area contributed by atoms with Crippen LogP contribution in [0.15, 0.2) is 24.3 Å². The third-order valence-corrected chi connectivity index (χ3v) is 3.45. The Kier molecular flexibility index (Phi) is 5.76. The molecule has 0 bridgehead atoms. The summed E-state index contributed by atoms with van der Waals surface area (Å²) in [6.45, 7) is 5.75. The van der Waals surface area contributed by atoms with Crippen LogP contribution in [0.2, 0.25) is 5.02 Å². The molecule has 1 rings (SSSR count). The van der Waals surface area contributed by atoms with Crippen molar-refractivity contribution in [3.63, 3.8) is 0 Å². The number of amides is 1. The topological polar surface area (TPSA) is 55.1 Å². The van der Waals surface area contributed by atoms with Crippen molar-refractivity contribution >= 4 is 34.7 Å². The number of hydrogen-bond donors (Lipinski definition) is 2. The molecule has 0 radical (unpaired) electrons. The molecule has 3 nitrogen and oxygen atoms in total. The fourth-order valence-electron chi connectivity index (χ4n) is 1.92. The van der Waals surface area contributed by atoms with E-state index in [0.29, 0.717) is 5.02 Å². The van der Waals surface area contributed by atoms with Crippen molar-refractivity contribution in [2.75, 3.05) is 0 Å². The number of hydrogen-bond acceptors (Lipinski definition) is 2. The highest BCUT2D eigenvalue weighted by atomic mass is 35.5. The van der Waals surface area contributed by atoms with E-state index >= 15 is 0 Å². The summed E-state index contributed by atoms with van der Waals surface area (Å²) >= 11 is 10.9. The van der Waals surface area contributed by atoms with Gasteiger partial charge in [-0.3, -0.25) is 4.79 Å². The van der Waals surface area contributed by atoms with E-state index in [1.165, 1.54) is 0 Å². The minimum atomic E-state index is -0.448. The average Bonchev–Trinajstić information content (AvgIpc) is 2.27. The molecule has 0 aliphatic heterocycles. The maximum atomic E-state index is 12.2. The Labute approximate surface area is 124 Å². The Bertz CT molecular complexity index is 476. The number of carbonyl (C=O) groups excluding carboxylic acids is 1. The summed E-state index contributed by atoms with van der Waals surface area (Å²) in [5, 5.41) is 3.57. The van der Waals surface area contributed by atoms with Crippen LogP contribution in [0.3, 0.4) is 0 Å². The molecule has 1 aromatic carbocycles. The van der Waals surface area contributed by atoms with Crippen LogP contribution in [0.5, 0.6) is 0 Å². The summed E-state index contributed by atoms with van der Waals surface area (Å²) < 4.78 is 0. The predicted octanol–water partition coefficient (Wildman–Crippen LogP) is 3.08. The second-order valence-corrected chi connectivity index (χ2v) is 5.82. The molecule has 0 fully saturated rings. The van der Waals surface area contributed by atoms with Crippen molar-refractivity contribution in [1.82, 2.24) is 5.32 Å². The van der Waals surface area contributed by atoms with Crippen molar-refractivity contribution in [3.05, 3.63) is 34.9 Å². The third kappa shape index (κ3) is 4.48. The predicted molar refractivity (Wildman–Crippen MR) is 83.1 cm³/mol. The zero-order valence-electron chi connectivity index (χ0n) is 11.3. The molecule has 0 spiro atoms. The molecule has 3 N–H and O–H groups in total. The molecule has 2 unspecified atom stereocenters. The van der Waals surface area contributed by atoms with Crippen LogP contribution in [-0.2, 0) is 4.79 Å². The lowest BCUT2D eigenvalue weighted by molar-refractivity contribution is -0.124. The molecule has 0 aromatic heterocycles. The number of thiocarbonyl (C=S) groups is 1. The Hall–Kier alpha value is -1.13. The summed E-state index contributed by atoms with van der Waals surface area (Å²) in [6.07, 6.45) is 0.